The van der Waals surface area contributed by atoms with Crippen molar-refractivity contribution in [1.29, 1.82) is 0 Å². The van der Waals surface area contributed by atoms with Gasteiger partial charge in [0.25, 0.3) is 0 Å². The lowest BCUT2D eigenvalue weighted by Gasteiger charge is -2.07. The zero-order valence-corrected chi connectivity index (χ0v) is 11.6. The minimum atomic E-state index is -3.14. The van der Waals surface area contributed by atoms with E-state index in [2.05, 4.69) is 0 Å². The van der Waals surface area contributed by atoms with Crippen LogP contribution in [0.1, 0.15) is 13.8 Å². The molecule has 0 heterocycles. The number of sulfone groups is 1. The maximum Gasteiger partial charge on any atom is 0.153 e. The Balaban J connectivity index is 2.69. The van der Waals surface area contributed by atoms with Gasteiger partial charge in [0.1, 0.15) is 0 Å². The number of hydrogen-bond donors (Lipinski definition) is 1. The van der Waals surface area contributed by atoms with Gasteiger partial charge in [-0.05, 0) is 32.0 Å². The van der Waals surface area contributed by atoms with Gasteiger partial charge < -0.3 is 5.73 Å². The highest BCUT2D eigenvalue weighted by Gasteiger charge is 2.17. The van der Waals surface area contributed by atoms with Crippen molar-refractivity contribution >= 4 is 26.3 Å². The molecule has 0 saturated carbocycles. The fourth-order valence-corrected chi connectivity index (χ4v) is 3.94. The molecule has 0 radical (unpaired) electrons. The van der Waals surface area contributed by atoms with E-state index in [1.54, 1.807) is 38.1 Å². The second-order valence-corrected chi connectivity index (χ2v) is 8.29. The van der Waals surface area contributed by atoms with Crippen molar-refractivity contribution in [3.63, 3.8) is 0 Å². The maximum absolute atomic E-state index is 11.9. The average molecular weight is 275 g/mol. The number of benzene rings is 1. The summed E-state index contributed by atoms with van der Waals surface area (Å²) in [6.07, 6.45) is 0. The van der Waals surface area contributed by atoms with Crippen molar-refractivity contribution in [3.05, 3.63) is 24.3 Å². The van der Waals surface area contributed by atoms with Gasteiger partial charge in [0, 0.05) is 16.3 Å². The Morgan fingerprint density at radius 2 is 2.00 bits per heavy atom. The Labute approximate surface area is 105 Å². The summed E-state index contributed by atoms with van der Waals surface area (Å²) >= 11 is 0. The van der Waals surface area contributed by atoms with E-state index in [1.807, 2.05) is 0 Å². The van der Waals surface area contributed by atoms with Crippen LogP contribution in [-0.2, 0) is 20.6 Å². The van der Waals surface area contributed by atoms with Crippen LogP contribution >= 0.6 is 0 Å². The lowest BCUT2D eigenvalue weighted by molar-refractivity contribution is 0.588. The number of rotatable bonds is 5. The largest absolute Gasteiger partial charge is 0.399 e. The van der Waals surface area contributed by atoms with Crippen LogP contribution in [0, 0.1) is 0 Å². The quantitative estimate of drug-likeness (QED) is 0.819. The molecule has 0 aromatic heterocycles. The summed E-state index contributed by atoms with van der Waals surface area (Å²) in [4.78, 5) is 0.573. The topological polar surface area (TPSA) is 77.2 Å². The molecule has 1 atom stereocenters. The molecule has 0 bridgehead atoms. The van der Waals surface area contributed by atoms with Crippen LogP contribution in [0.25, 0.3) is 0 Å². The maximum atomic E-state index is 11.9. The van der Waals surface area contributed by atoms with Crippen molar-refractivity contribution in [2.45, 2.75) is 24.0 Å². The van der Waals surface area contributed by atoms with Crippen LogP contribution in [0.15, 0.2) is 29.2 Å². The van der Waals surface area contributed by atoms with E-state index in [-0.39, 0.29) is 11.5 Å². The van der Waals surface area contributed by atoms with E-state index < -0.39 is 25.9 Å². The number of hydrogen-bond acceptors (Lipinski definition) is 4. The Morgan fingerprint density at radius 3 is 2.53 bits per heavy atom. The molecule has 2 N–H and O–H groups in total. The van der Waals surface area contributed by atoms with E-state index in [1.165, 1.54) is 0 Å². The van der Waals surface area contributed by atoms with Gasteiger partial charge in [-0.2, -0.15) is 0 Å². The first-order valence-electron chi connectivity index (χ1n) is 5.28. The Bertz CT molecular complexity index is 509. The van der Waals surface area contributed by atoms with Crippen LogP contribution in [-0.4, -0.2) is 29.4 Å². The SMILES string of the molecule is CC(C)S(=O)(=O)CCS(=O)c1cccc(N)c1. The van der Waals surface area contributed by atoms with Crippen LogP contribution in [0.4, 0.5) is 5.69 Å². The first kappa shape index (κ1) is 14.2. The summed E-state index contributed by atoms with van der Waals surface area (Å²) in [6.45, 7) is 3.25. The molecule has 4 nitrogen and oxygen atoms in total. The minimum Gasteiger partial charge on any atom is -0.399 e. The summed E-state index contributed by atoms with van der Waals surface area (Å²) < 4.78 is 35.0. The zero-order valence-electron chi connectivity index (χ0n) is 9.92. The highest BCUT2D eigenvalue weighted by molar-refractivity contribution is 7.93. The standard InChI is InChI=1S/C11H17NO3S2/c1-9(2)17(14,15)7-6-16(13)11-5-3-4-10(12)8-11/h3-5,8-9H,6-7,12H2,1-2H3. The van der Waals surface area contributed by atoms with Crippen LogP contribution in [0.5, 0.6) is 0 Å². The van der Waals surface area contributed by atoms with Crippen molar-refractivity contribution in [2.24, 2.45) is 0 Å². The summed E-state index contributed by atoms with van der Waals surface area (Å²) in [7, 11) is -4.45. The summed E-state index contributed by atoms with van der Waals surface area (Å²) in [5.41, 5.74) is 6.10. The zero-order chi connectivity index (χ0) is 13.1. The fourth-order valence-electron chi connectivity index (χ4n) is 1.20. The number of nitrogen functional groups attached to an aromatic ring is 1. The van der Waals surface area contributed by atoms with E-state index >= 15 is 0 Å². The molecule has 1 rings (SSSR count). The van der Waals surface area contributed by atoms with E-state index in [0.29, 0.717) is 10.6 Å². The highest BCUT2D eigenvalue weighted by atomic mass is 32.2. The average Bonchev–Trinajstić information content (AvgIpc) is 2.25. The summed E-state index contributed by atoms with van der Waals surface area (Å²) in [5.74, 6) is 0.0516. The minimum absolute atomic E-state index is 0.0634. The molecule has 1 aromatic carbocycles. The van der Waals surface area contributed by atoms with Gasteiger partial charge >= 0.3 is 0 Å². The second kappa shape index (κ2) is 5.64. The Hall–Kier alpha value is -0.880. The Kier molecular flexibility index (Phi) is 4.70. The molecular formula is C11H17NO3S2. The van der Waals surface area contributed by atoms with Gasteiger partial charge in [-0.25, -0.2) is 8.42 Å². The van der Waals surface area contributed by atoms with Crippen molar-refractivity contribution in [1.82, 2.24) is 0 Å². The molecule has 17 heavy (non-hydrogen) atoms. The van der Waals surface area contributed by atoms with Gasteiger partial charge in [0.2, 0.25) is 0 Å². The third kappa shape index (κ3) is 4.12. The molecule has 6 heteroatoms. The first-order chi connectivity index (χ1) is 7.83. The predicted octanol–water partition coefficient (Wildman–Crippen LogP) is 1.20. The van der Waals surface area contributed by atoms with Gasteiger partial charge in [-0.15, -0.1) is 0 Å². The van der Waals surface area contributed by atoms with Gasteiger partial charge in [-0.1, -0.05) is 6.07 Å². The molecule has 0 aliphatic carbocycles. The van der Waals surface area contributed by atoms with Gasteiger partial charge in [0.15, 0.2) is 9.84 Å². The first-order valence-corrected chi connectivity index (χ1v) is 8.32. The smallest absolute Gasteiger partial charge is 0.153 e. The van der Waals surface area contributed by atoms with Crippen molar-refractivity contribution < 1.29 is 12.6 Å². The highest BCUT2D eigenvalue weighted by Crippen LogP contribution is 2.12. The van der Waals surface area contributed by atoms with Crippen LogP contribution < -0.4 is 5.73 Å². The van der Waals surface area contributed by atoms with Crippen molar-refractivity contribution in [3.8, 4) is 0 Å². The van der Waals surface area contributed by atoms with E-state index in [4.69, 9.17) is 5.73 Å². The monoisotopic (exact) mass is 275 g/mol. The lowest BCUT2D eigenvalue weighted by atomic mass is 10.3. The second-order valence-electron chi connectivity index (χ2n) is 4.04. The molecule has 0 spiro atoms. The molecule has 0 fully saturated rings. The third-order valence-electron chi connectivity index (χ3n) is 2.39. The van der Waals surface area contributed by atoms with Gasteiger partial charge in [-0.3, -0.25) is 4.21 Å². The van der Waals surface area contributed by atoms with E-state index in [9.17, 15) is 12.6 Å². The van der Waals surface area contributed by atoms with Gasteiger partial charge in [0.05, 0.1) is 21.8 Å². The molecule has 1 aromatic rings. The molecule has 0 aliphatic heterocycles. The molecule has 1 unspecified atom stereocenters. The number of nitrogens with two attached hydrogens (primary N) is 1. The Morgan fingerprint density at radius 1 is 1.35 bits per heavy atom. The van der Waals surface area contributed by atoms with Crippen LogP contribution in [0.2, 0.25) is 0 Å². The molecule has 96 valence electrons. The normalized spacial score (nSPS) is 13.8. The fraction of sp³-hybridized carbons (Fsp3) is 0.455. The van der Waals surface area contributed by atoms with E-state index in [0.717, 1.165) is 0 Å². The van der Waals surface area contributed by atoms with Crippen LogP contribution in [0.3, 0.4) is 0 Å². The molecular weight excluding hydrogens is 258 g/mol. The summed E-state index contributed by atoms with van der Waals surface area (Å²) in [5, 5.41) is -0.430. The molecule has 0 saturated heterocycles. The molecule has 0 aliphatic rings. The predicted molar refractivity (Wildman–Crippen MR) is 71.1 cm³/mol. The molecule has 0 amide bonds. The number of anilines is 1. The summed E-state index contributed by atoms with van der Waals surface area (Å²) in [6, 6.07) is 6.71. The third-order valence-corrected chi connectivity index (χ3v) is 6.22. The lowest BCUT2D eigenvalue weighted by Crippen LogP contribution is -2.21. The van der Waals surface area contributed by atoms with Crippen molar-refractivity contribution in [2.75, 3.05) is 17.2 Å².